The maximum Gasteiger partial charge on any atom is -0.0261 e. The van der Waals surface area contributed by atoms with Gasteiger partial charge in [0.05, 0.1) is 0 Å². The first-order valence-electron chi connectivity index (χ1n) is 7.31. The molecule has 0 fully saturated rings. The van der Waals surface area contributed by atoms with E-state index in [0.717, 1.165) is 17.0 Å². The fraction of sp³-hybridized carbons (Fsp3) is 1.00. The van der Waals surface area contributed by atoms with Gasteiger partial charge < -0.3 is 0 Å². The van der Waals surface area contributed by atoms with Crippen molar-refractivity contribution in [3.63, 3.8) is 0 Å². The first-order valence-corrected chi connectivity index (χ1v) is 10.8. The lowest BCUT2D eigenvalue weighted by Gasteiger charge is -2.29. The highest BCUT2D eigenvalue weighted by atomic mass is 31.1. The van der Waals surface area contributed by atoms with Crippen molar-refractivity contribution in [2.24, 2.45) is 0 Å². The molecule has 0 radical (unpaired) electrons. The molecule has 17 heavy (non-hydrogen) atoms. The van der Waals surface area contributed by atoms with E-state index in [4.69, 9.17) is 0 Å². The van der Waals surface area contributed by atoms with E-state index in [-0.39, 0.29) is 7.92 Å². The van der Waals surface area contributed by atoms with E-state index in [9.17, 15) is 0 Å². The van der Waals surface area contributed by atoms with E-state index in [1.165, 1.54) is 18.5 Å². The van der Waals surface area contributed by atoms with E-state index < -0.39 is 0 Å². The predicted molar refractivity (Wildman–Crippen MR) is 90.9 cm³/mol. The highest BCUT2D eigenvalue weighted by Crippen LogP contribution is 2.49. The molecule has 0 spiro atoms. The summed E-state index contributed by atoms with van der Waals surface area (Å²) in [7, 11) is 0.708. The summed E-state index contributed by atoms with van der Waals surface area (Å²) in [6.45, 7) is 21.0. The lowest BCUT2D eigenvalue weighted by Crippen LogP contribution is -2.10. The Bertz CT molecular complexity index is 124. The summed E-state index contributed by atoms with van der Waals surface area (Å²) in [6, 6.07) is 0. The monoisotopic (exact) mass is 278 g/mol. The molecule has 0 atom stereocenters. The second-order valence-electron chi connectivity index (χ2n) is 5.35. The van der Waals surface area contributed by atoms with Gasteiger partial charge in [0.2, 0.25) is 0 Å². The summed E-state index contributed by atoms with van der Waals surface area (Å²) in [4.78, 5) is 0. The van der Waals surface area contributed by atoms with Crippen LogP contribution in [-0.4, -0.2) is 35.5 Å². The maximum absolute atomic E-state index is 2.35. The predicted octanol–water partition coefficient (Wildman–Crippen LogP) is 6.22. The van der Waals surface area contributed by atoms with Crippen LogP contribution in [0, 0.1) is 0 Å². The highest BCUT2D eigenvalue weighted by Gasteiger charge is 2.19. The molecule has 0 aliphatic carbocycles. The minimum absolute atomic E-state index is 0.262. The largest absolute Gasteiger partial charge is 0.108 e. The Balaban J connectivity index is 0. The van der Waals surface area contributed by atoms with Crippen molar-refractivity contribution in [1.29, 1.82) is 0 Å². The third-order valence-electron chi connectivity index (χ3n) is 3.13. The van der Waals surface area contributed by atoms with E-state index in [1.54, 1.807) is 0 Å². The molecule has 0 saturated carbocycles. The fourth-order valence-corrected chi connectivity index (χ4v) is 7.38. The molecular weight excluding hydrogens is 242 g/mol. The Morgan fingerprint density at radius 2 is 0.824 bits per heavy atom. The second-order valence-corrected chi connectivity index (χ2v) is 12.6. The molecule has 0 aliphatic heterocycles. The van der Waals surface area contributed by atoms with Crippen molar-refractivity contribution in [3.05, 3.63) is 0 Å². The summed E-state index contributed by atoms with van der Waals surface area (Å²) in [6.07, 6.45) is 4.26. The van der Waals surface area contributed by atoms with Crippen molar-refractivity contribution in [1.82, 2.24) is 0 Å². The van der Waals surface area contributed by atoms with Gasteiger partial charge in [-0.25, -0.2) is 0 Å². The molecule has 0 N–H and O–H groups in total. The van der Waals surface area contributed by atoms with Crippen LogP contribution >= 0.6 is 15.8 Å². The Labute approximate surface area is 114 Å². The maximum atomic E-state index is 2.35. The van der Waals surface area contributed by atoms with Gasteiger partial charge in [0.15, 0.2) is 0 Å². The van der Waals surface area contributed by atoms with Gasteiger partial charge in [-0.2, -0.15) is 0 Å². The smallest absolute Gasteiger partial charge is 0.0261 e. The van der Waals surface area contributed by atoms with Crippen LogP contribution in [0.15, 0.2) is 0 Å². The molecule has 2 heteroatoms. The molecule has 0 unspecified atom stereocenters. The molecule has 0 bridgehead atoms. The minimum atomic E-state index is 0.262. The summed E-state index contributed by atoms with van der Waals surface area (Å²) in [5.41, 5.74) is 2.69. The molecule has 0 aliphatic rings. The molecule has 0 amide bonds. The minimum Gasteiger partial charge on any atom is -0.108 e. The Kier molecular flexibility index (Phi) is 14.2. The molecule has 0 rings (SSSR count). The zero-order chi connectivity index (χ0) is 14.0. The van der Waals surface area contributed by atoms with Gasteiger partial charge in [0.25, 0.3) is 0 Å². The van der Waals surface area contributed by atoms with Crippen LogP contribution in [0.2, 0.25) is 0 Å². The fourth-order valence-electron chi connectivity index (χ4n) is 2.46. The second kappa shape index (κ2) is 11.9. The van der Waals surface area contributed by atoms with Gasteiger partial charge in [-0.05, 0) is 35.5 Å². The number of hydrogen-bond donors (Lipinski definition) is 0. The third kappa shape index (κ3) is 10.5. The van der Waals surface area contributed by atoms with E-state index in [2.05, 4.69) is 62.3 Å². The van der Waals surface area contributed by atoms with Crippen molar-refractivity contribution in [2.45, 2.75) is 79.3 Å². The van der Waals surface area contributed by atoms with Gasteiger partial charge in [-0.1, -0.05) is 70.2 Å². The zero-order valence-corrected chi connectivity index (χ0v) is 15.5. The van der Waals surface area contributed by atoms with Crippen LogP contribution < -0.4 is 0 Å². The Morgan fingerprint density at radius 3 is 0.824 bits per heavy atom. The number of hydrogen-bond acceptors (Lipinski definition) is 0. The van der Waals surface area contributed by atoms with Gasteiger partial charge in [-0.3, -0.25) is 0 Å². The van der Waals surface area contributed by atoms with E-state index in [0.29, 0.717) is 7.92 Å². The first-order chi connectivity index (χ1) is 7.81. The average molecular weight is 278 g/mol. The van der Waals surface area contributed by atoms with Gasteiger partial charge in [0.1, 0.15) is 0 Å². The van der Waals surface area contributed by atoms with Gasteiger partial charge in [-0.15, -0.1) is 7.92 Å². The summed E-state index contributed by atoms with van der Waals surface area (Å²) < 4.78 is 0. The average Bonchev–Trinajstić information content (AvgIpc) is 2.19. The van der Waals surface area contributed by atoms with Crippen LogP contribution in [0.1, 0.15) is 62.3 Å². The van der Waals surface area contributed by atoms with Crippen molar-refractivity contribution in [3.8, 4) is 0 Å². The Hall–Kier alpha value is 0.860. The molecule has 0 heterocycles. The number of rotatable bonds is 6. The zero-order valence-electron chi connectivity index (χ0n) is 13.7. The molecule has 0 aromatic carbocycles. The Morgan fingerprint density at radius 1 is 0.588 bits per heavy atom. The molecule has 0 saturated heterocycles. The van der Waals surface area contributed by atoms with Crippen LogP contribution in [0.3, 0.4) is 0 Å². The lowest BCUT2D eigenvalue weighted by atomic mass is 10.5. The van der Waals surface area contributed by atoms with Crippen molar-refractivity contribution in [2.75, 3.05) is 18.5 Å². The van der Waals surface area contributed by atoms with Crippen LogP contribution in [0.25, 0.3) is 0 Å². The normalized spacial score (nSPS) is 11.6. The van der Waals surface area contributed by atoms with Crippen LogP contribution in [0.5, 0.6) is 0 Å². The van der Waals surface area contributed by atoms with Crippen LogP contribution in [-0.2, 0) is 0 Å². The molecular formula is C15H36P2. The third-order valence-corrected chi connectivity index (χ3v) is 9.39. The van der Waals surface area contributed by atoms with Crippen molar-refractivity contribution < 1.29 is 0 Å². The first kappa shape index (κ1) is 20.2. The van der Waals surface area contributed by atoms with Crippen LogP contribution in [0.4, 0.5) is 0 Å². The summed E-state index contributed by atoms with van der Waals surface area (Å²) >= 11 is 0. The van der Waals surface area contributed by atoms with E-state index >= 15 is 0 Å². The molecule has 0 nitrogen and oxygen atoms in total. The topological polar surface area (TPSA) is 0 Å². The quantitative estimate of drug-likeness (QED) is 0.506. The van der Waals surface area contributed by atoms with Gasteiger partial charge >= 0.3 is 0 Å². The molecule has 0 aromatic heterocycles. The summed E-state index contributed by atoms with van der Waals surface area (Å²) in [5, 5.41) is 0. The molecule has 106 valence electrons. The highest BCUT2D eigenvalue weighted by molar-refractivity contribution is 7.59. The van der Waals surface area contributed by atoms with Gasteiger partial charge in [0, 0.05) is 0 Å². The summed E-state index contributed by atoms with van der Waals surface area (Å²) in [5.74, 6) is 0. The SMILES string of the molecule is CC(C)P(C(C)C)C(C)C.CCP(CC)CC. The lowest BCUT2D eigenvalue weighted by molar-refractivity contribution is 0.946. The standard InChI is InChI=1S/C9H21P.C6H15P/c1-7(2)10(8(3)4)9(5)6;1-4-7(5-2)6-3/h7-9H,1-6H3;4-6H2,1-3H3. The van der Waals surface area contributed by atoms with Crippen molar-refractivity contribution >= 4 is 15.8 Å². The van der Waals surface area contributed by atoms with E-state index in [1.807, 2.05) is 0 Å². The molecule has 0 aromatic rings.